The van der Waals surface area contributed by atoms with Crippen LogP contribution in [0.2, 0.25) is 0 Å². The number of hydrogen-bond acceptors (Lipinski definition) is 6. The number of esters is 1. The molecule has 2 heterocycles. The van der Waals surface area contributed by atoms with Crippen LogP contribution in [0.1, 0.15) is 38.0 Å². The van der Waals surface area contributed by atoms with Crippen LogP contribution in [0.25, 0.3) is 10.2 Å². The number of nitrogens with zero attached hydrogens (tertiary/aromatic N) is 3. The van der Waals surface area contributed by atoms with Crippen molar-refractivity contribution in [3.63, 3.8) is 0 Å². The Morgan fingerprint density at radius 1 is 1.07 bits per heavy atom. The molecular formula is C21H17N3O5S. The number of hydrogen-bond donors (Lipinski definition) is 0. The number of carbonyl (C=O) groups excluding carboxylic acids is 4. The molecule has 1 aliphatic rings. The van der Waals surface area contributed by atoms with Gasteiger partial charge < -0.3 is 9.30 Å². The summed E-state index contributed by atoms with van der Waals surface area (Å²) in [5, 5.41) is 0. The minimum absolute atomic E-state index is 0.280. The third-order valence-electron chi connectivity index (χ3n) is 4.71. The SMILES string of the molecule is CCOC(=O)c1ccc2c(c1)sc(=NC(=O)CN1C(=O)c3ccccc3C1=O)n2C. The van der Waals surface area contributed by atoms with Gasteiger partial charge in [-0.25, -0.2) is 4.79 Å². The second-order valence-corrected chi connectivity index (χ2v) is 7.60. The zero-order valence-electron chi connectivity index (χ0n) is 16.2. The first-order valence-electron chi connectivity index (χ1n) is 9.20. The molecule has 0 saturated carbocycles. The van der Waals surface area contributed by atoms with Gasteiger partial charge in [0, 0.05) is 7.05 Å². The van der Waals surface area contributed by atoms with Crippen LogP contribution in [-0.4, -0.2) is 46.3 Å². The Balaban J connectivity index is 1.61. The van der Waals surface area contributed by atoms with Crippen molar-refractivity contribution in [1.29, 1.82) is 0 Å². The third-order valence-corrected chi connectivity index (χ3v) is 5.81. The van der Waals surface area contributed by atoms with Gasteiger partial charge >= 0.3 is 5.97 Å². The number of fused-ring (bicyclic) bond motifs is 2. The van der Waals surface area contributed by atoms with Crippen LogP contribution >= 0.6 is 11.3 Å². The van der Waals surface area contributed by atoms with Gasteiger partial charge in [-0.3, -0.25) is 19.3 Å². The molecule has 0 atom stereocenters. The van der Waals surface area contributed by atoms with Crippen LogP contribution in [0.3, 0.4) is 0 Å². The van der Waals surface area contributed by atoms with Crippen LogP contribution in [0.5, 0.6) is 0 Å². The fraction of sp³-hybridized carbons (Fsp3) is 0.190. The topological polar surface area (TPSA) is 98.0 Å². The summed E-state index contributed by atoms with van der Waals surface area (Å²) in [6, 6.07) is 11.5. The molecule has 9 heteroatoms. The van der Waals surface area contributed by atoms with E-state index in [1.54, 1.807) is 61.0 Å². The van der Waals surface area contributed by atoms with E-state index in [2.05, 4.69) is 4.99 Å². The molecule has 8 nitrogen and oxygen atoms in total. The fourth-order valence-electron chi connectivity index (χ4n) is 3.24. The first-order chi connectivity index (χ1) is 14.4. The molecular weight excluding hydrogens is 406 g/mol. The van der Waals surface area contributed by atoms with Crippen LogP contribution in [-0.2, 0) is 16.6 Å². The molecule has 152 valence electrons. The molecule has 4 rings (SSSR count). The maximum atomic E-state index is 12.5. The largest absolute Gasteiger partial charge is 0.462 e. The Morgan fingerprint density at radius 2 is 1.73 bits per heavy atom. The molecule has 3 amide bonds. The van der Waals surface area contributed by atoms with E-state index in [-0.39, 0.29) is 17.7 Å². The van der Waals surface area contributed by atoms with E-state index in [9.17, 15) is 19.2 Å². The van der Waals surface area contributed by atoms with E-state index < -0.39 is 30.2 Å². The highest BCUT2D eigenvalue weighted by atomic mass is 32.1. The van der Waals surface area contributed by atoms with Crippen LogP contribution < -0.4 is 4.80 Å². The zero-order valence-corrected chi connectivity index (χ0v) is 17.1. The molecule has 0 N–H and O–H groups in total. The number of amides is 3. The van der Waals surface area contributed by atoms with E-state index in [1.807, 2.05) is 0 Å². The lowest BCUT2D eigenvalue weighted by molar-refractivity contribution is -0.118. The average molecular weight is 423 g/mol. The second kappa shape index (κ2) is 7.68. The van der Waals surface area contributed by atoms with Crippen molar-refractivity contribution < 1.29 is 23.9 Å². The van der Waals surface area contributed by atoms with Crippen molar-refractivity contribution in [2.75, 3.05) is 13.2 Å². The quantitative estimate of drug-likeness (QED) is 0.473. The van der Waals surface area contributed by atoms with E-state index in [0.29, 0.717) is 10.4 Å². The van der Waals surface area contributed by atoms with Crippen molar-refractivity contribution in [3.8, 4) is 0 Å². The number of aryl methyl sites for hydroxylation is 1. The number of imide groups is 1. The lowest BCUT2D eigenvalue weighted by Crippen LogP contribution is -2.35. The molecule has 30 heavy (non-hydrogen) atoms. The smallest absolute Gasteiger partial charge is 0.338 e. The molecule has 0 bridgehead atoms. The number of carbonyl (C=O) groups is 4. The Bertz CT molecular complexity index is 1250. The minimum Gasteiger partial charge on any atom is -0.462 e. The van der Waals surface area contributed by atoms with Crippen molar-refractivity contribution in [3.05, 3.63) is 64.0 Å². The van der Waals surface area contributed by atoms with Gasteiger partial charge in [-0.2, -0.15) is 4.99 Å². The first-order valence-corrected chi connectivity index (χ1v) is 10.0. The second-order valence-electron chi connectivity index (χ2n) is 6.59. The summed E-state index contributed by atoms with van der Waals surface area (Å²) in [4.78, 5) is 54.7. The van der Waals surface area contributed by atoms with E-state index in [4.69, 9.17) is 4.74 Å². The predicted molar refractivity (Wildman–Crippen MR) is 109 cm³/mol. The molecule has 0 spiro atoms. The standard InChI is InChI=1S/C21H17N3O5S/c1-3-29-20(28)12-8-9-15-16(10-12)30-21(23(15)2)22-17(25)11-24-18(26)13-6-4-5-7-14(13)19(24)27/h4-10H,3,11H2,1-2H3. The average Bonchev–Trinajstić information content (AvgIpc) is 3.17. The Morgan fingerprint density at radius 3 is 2.37 bits per heavy atom. The molecule has 0 radical (unpaired) electrons. The highest BCUT2D eigenvalue weighted by Gasteiger charge is 2.36. The van der Waals surface area contributed by atoms with Gasteiger partial charge in [-0.1, -0.05) is 23.5 Å². The molecule has 0 aliphatic carbocycles. The lowest BCUT2D eigenvalue weighted by atomic mass is 10.1. The maximum Gasteiger partial charge on any atom is 0.338 e. The van der Waals surface area contributed by atoms with Crippen LogP contribution in [0.4, 0.5) is 0 Å². The number of ether oxygens (including phenoxy) is 1. The van der Waals surface area contributed by atoms with Gasteiger partial charge in [-0.15, -0.1) is 0 Å². The molecule has 0 unspecified atom stereocenters. The first kappa shape index (κ1) is 19.7. The highest BCUT2D eigenvalue weighted by molar-refractivity contribution is 7.16. The fourth-order valence-corrected chi connectivity index (χ4v) is 4.32. The van der Waals surface area contributed by atoms with Crippen molar-refractivity contribution >= 4 is 45.2 Å². The summed E-state index contributed by atoms with van der Waals surface area (Å²) in [7, 11) is 1.75. The van der Waals surface area contributed by atoms with Gasteiger partial charge in [0.1, 0.15) is 6.54 Å². The summed E-state index contributed by atoms with van der Waals surface area (Å²) in [6.07, 6.45) is 0. The summed E-state index contributed by atoms with van der Waals surface area (Å²) < 4.78 is 7.49. The molecule has 3 aromatic rings. The third kappa shape index (κ3) is 3.33. The summed E-state index contributed by atoms with van der Waals surface area (Å²) >= 11 is 1.23. The molecule has 0 fully saturated rings. The minimum atomic E-state index is -0.614. The van der Waals surface area contributed by atoms with Gasteiger partial charge in [0.25, 0.3) is 17.7 Å². The van der Waals surface area contributed by atoms with E-state index in [0.717, 1.165) is 15.1 Å². The van der Waals surface area contributed by atoms with E-state index in [1.165, 1.54) is 11.3 Å². The Kier molecular flexibility index (Phi) is 5.04. The van der Waals surface area contributed by atoms with Crippen molar-refractivity contribution in [2.45, 2.75) is 6.92 Å². The molecule has 0 saturated heterocycles. The normalized spacial score (nSPS) is 13.8. The van der Waals surface area contributed by atoms with Crippen LogP contribution in [0.15, 0.2) is 47.5 Å². The predicted octanol–water partition coefficient (Wildman–Crippen LogP) is 2.14. The monoisotopic (exact) mass is 423 g/mol. The molecule has 2 aromatic carbocycles. The number of aromatic nitrogens is 1. The van der Waals surface area contributed by atoms with Gasteiger partial charge in [0.2, 0.25) is 0 Å². The van der Waals surface area contributed by atoms with Gasteiger partial charge in [0.15, 0.2) is 4.80 Å². The number of rotatable bonds is 4. The molecule has 1 aromatic heterocycles. The van der Waals surface area contributed by atoms with Crippen molar-refractivity contribution in [1.82, 2.24) is 9.47 Å². The Labute approximate surface area is 175 Å². The Hall–Kier alpha value is -3.59. The molecule has 1 aliphatic heterocycles. The van der Waals surface area contributed by atoms with Crippen molar-refractivity contribution in [2.24, 2.45) is 12.0 Å². The van der Waals surface area contributed by atoms with Gasteiger partial charge in [-0.05, 0) is 37.3 Å². The number of thiazole rings is 1. The summed E-state index contributed by atoms with van der Waals surface area (Å²) in [5.41, 5.74) is 1.78. The zero-order chi connectivity index (χ0) is 21.4. The summed E-state index contributed by atoms with van der Waals surface area (Å²) in [6.45, 7) is 1.58. The van der Waals surface area contributed by atoms with Crippen LogP contribution in [0, 0.1) is 0 Å². The number of benzene rings is 2. The highest BCUT2D eigenvalue weighted by Crippen LogP contribution is 2.22. The summed E-state index contributed by atoms with van der Waals surface area (Å²) in [5.74, 6) is -2.04. The van der Waals surface area contributed by atoms with Gasteiger partial charge in [0.05, 0.1) is 33.5 Å². The maximum absolute atomic E-state index is 12.5. The van der Waals surface area contributed by atoms with E-state index >= 15 is 0 Å². The lowest BCUT2D eigenvalue weighted by Gasteiger charge is -2.10.